The molecule has 1 fully saturated rings. The molecule has 0 bridgehead atoms. The van der Waals surface area contributed by atoms with E-state index in [1.54, 1.807) is 7.11 Å². The van der Waals surface area contributed by atoms with E-state index in [9.17, 15) is 0 Å². The molecule has 1 aliphatic rings. The Morgan fingerprint density at radius 3 is 2.46 bits per heavy atom. The van der Waals surface area contributed by atoms with Crippen LogP contribution in [-0.4, -0.2) is 68.7 Å². The SMILES string of the molecule is CCNC(=NCCCCCOC)N1CCN(Cc2ccccc2)CC1.I. The third-order valence-electron chi connectivity index (χ3n) is 4.52. The number of unbranched alkanes of at least 4 members (excludes halogenated alkanes) is 2. The van der Waals surface area contributed by atoms with Crippen LogP contribution in [0.1, 0.15) is 31.7 Å². The summed E-state index contributed by atoms with van der Waals surface area (Å²) in [6.45, 7) is 10.1. The average molecular weight is 474 g/mol. The third-order valence-corrected chi connectivity index (χ3v) is 4.52. The van der Waals surface area contributed by atoms with Gasteiger partial charge in [-0.15, -0.1) is 24.0 Å². The van der Waals surface area contributed by atoms with E-state index in [0.717, 1.165) is 71.2 Å². The van der Waals surface area contributed by atoms with Gasteiger partial charge in [0.1, 0.15) is 0 Å². The quantitative estimate of drug-likeness (QED) is 0.258. The lowest BCUT2D eigenvalue weighted by atomic mass is 10.2. The Labute approximate surface area is 176 Å². The van der Waals surface area contributed by atoms with Gasteiger partial charge in [0.15, 0.2) is 5.96 Å². The van der Waals surface area contributed by atoms with Crippen LogP contribution in [0.25, 0.3) is 0 Å². The molecule has 0 saturated carbocycles. The molecule has 1 saturated heterocycles. The predicted octanol–water partition coefficient (Wildman–Crippen LogP) is 3.20. The molecule has 1 heterocycles. The van der Waals surface area contributed by atoms with Crippen molar-refractivity contribution in [3.63, 3.8) is 0 Å². The molecule has 0 aromatic heterocycles. The molecule has 1 aromatic rings. The highest BCUT2D eigenvalue weighted by atomic mass is 127. The normalized spacial score (nSPS) is 15.6. The van der Waals surface area contributed by atoms with Crippen molar-refractivity contribution in [1.29, 1.82) is 0 Å². The Morgan fingerprint density at radius 1 is 1.08 bits per heavy atom. The summed E-state index contributed by atoms with van der Waals surface area (Å²) in [7, 11) is 1.76. The van der Waals surface area contributed by atoms with Crippen LogP contribution in [0.3, 0.4) is 0 Å². The van der Waals surface area contributed by atoms with Gasteiger partial charge in [-0.2, -0.15) is 0 Å². The van der Waals surface area contributed by atoms with Gasteiger partial charge in [-0.25, -0.2) is 0 Å². The largest absolute Gasteiger partial charge is 0.385 e. The summed E-state index contributed by atoms with van der Waals surface area (Å²) in [5.41, 5.74) is 1.40. The van der Waals surface area contributed by atoms with Crippen molar-refractivity contribution in [2.75, 3.05) is 53.0 Å². The molecule has 0 amide bonds. The second-order valence-electron chi connectivity index (χ2n) is 6.54. The molecule has 2 rings (SSSR count). The molecule has 1 N–H and O–H groups in total. The first-order valence-corrected chi connectivity index (χ1v) is 9.62. The van der Waals surface area contributed by atoms with Gasteiger partial charge in [0, 0.05) is 59.5 Å². The Morgan fingerprint density at radius 2 is 1.81 bits per heavy atom. The lowest BCUT2D eigenvalue weighted by Crippen LogP contribution is -2.52. The molecule has 0 aliphatic carbocycles. The fourth-order valence-electron chi connectivity index (χ4n) is 3.11. The zero-order chi connectivity index (χ0) is 17.7. The molecule has 0 unspecified atom stereocenters. The van der Waals surface area contributed by atoms with Gasteiger partial charge in [0.2, 0.25) is 0 Å². The van der Waals surface area contributed by atoms with Gasteiger partial charge in [-0.1, -0.05) is 30.3 Å². The molecule has 148 valence electrons. The fourth-order valence-corrected chi connectivity index (χ4v) is 3.11. The number of nitrogens with one attached hydrogen (secondary N) is 1. The van der Waals surface area contributed by atoms with E-state index in [2.05, 4.69) is 52.4 Å². The number of methoxy groups -OCH3 is 1. The Balaban J connectivity index is 0.00000338. The fraction of sp³-hybridized carbons (Fsp3) is 0.650. The second-order valence-corrected chi connectivity index (χ2v) is 6.54. The Kier molecular flexibility index (Phi) is 12.7. The van der Waals surface area contributed by atoms with E-state index in [1.165, 1.54) is 12.0 Å². The molecule has 26 heavy (non-hydrogen) atoms. The minimum absolute atomic E-state index is 0. The number of hydrogen-bond acceptors (Lipinski definition) is 3. The van der Waals surface area contributed by atoms with E-state index < -0.39 is 0 Å². The summed E-state index contributed by atoms with van der Waals surface area (Å²) in [5.74, 6) is 1.08. The van der Waals surface area contributed by atoms with Crippen LogP contribution < -0.4 is 5.32 Å². The maximum absolute atomic E-state index is 5.09. The summed E-state index contributed by atoms with van der Waals surface area (Å²) in [6.07, 6.45) is 3.44. The Hall–Kier alpha value is -0.860. The summed E-state index contributed by atoms with van der Waals surface area (Å²) in [6, 6.07) is 10.7. The number of nitrogens with zero attached hydrogens (tertiary/aromatic N) is 3. The van der Waals surface area contributed by atoms with Gasteiger partial charge in [-0.05, 0) is 31.7 Å². The maximum atomic E-state index is 5.09. The van der Waals surface area contributed by atoms with Gasteiger partial charge in [0.25, 0.3) is 0 Å². The van der Waals surface area contributed by atoms with Gasteiger partial charge in [-0.3, -0.25) is 9.89 Å². The van der Waals surface area contributed by atoms with Crippen molar-refractivity contribution < 1.29 is 4.74 Å². The highest BCUT2D eigenvalue weighted by Gasteiger charge is 2.19. The zero-order valence-corrected chi connectivity index (χ0v) is 18.7. The lowest BCUT2D eigenvalue weighted by Gasteiger charge is -2.36. The zero-order valence-electron chi connectivity index (χ0n) is 16.3. The number of benzene rings is 1. The number of guanidine groups is 1. The summed E-state index contributed by atoms with van der Waals surface area (Å²) < 4.78 is 5.09. The first-order chi connectivity index (χ1) is 12.3. The standard InChI is InChI=1S/C20H34N4O.HI/c1-3-21-20(22-12-8-5-9-17-25-2)24-15-13-23(14-16-24)18-19-10-6-4-7-11-19;/h4,6-7,10-11H,3,5,8-9,12-18H2,1-2H3,(H,21,22);1H. The van der Waals surface area contributed by atoms with Crippen molar-refractivity contribution in [2.24, 2.45) is 4.99 Å². The molecule has 0 radical (unpaired) electrons. The lowest BCUT2D eigenvalue weighted by molar-refractivity contribution is 0.172. The van der Waals surface area contributed by atoms with Crippen molar-refractivity contribution >= 4 is 29.9 Å². The van der Waals surface area contributed by atoms with Crippen molar-refractivity contribution in [3.8, 4) is 0 Å². The van der Waals surface area contributed by atoms with Crippen molar-refractivity contribution in [2.45, 2.75) is 32.7 Å². The van der Waals surface area contributed by atoms with E-state index in [1.807, 2.05) is 0 Å². The molecule has 0 atom stereocenters. The monoisotopic (exact) mass is 474 g/mol. The first-order valence-electron chi connectivity index (χ1n) is 9.62. The number of aliphatic imine (C=N–C) groups is 1. The molecule has 6 heteroatoms. The number of hydrogen-bond donors (Lipinski definition) is 1. The first kappa shape index (κ1) is 23.2. The smallest absolute Gasteiger partial charge is 0.194 e. The van der Waals surface area contributed by atoms with Crippen LogP contribution in [0.15, 0.2) is 35.3 Å². The molecular weight excluding hydrogens is 439 g/mol. The van der Waals surface area contributed by atoms with Crippen LogP contribution in [0.2, 0.25) is 0 Å². The minimum atomic E-state index is 0. The number of piperazine rings is 1. The highest BCUT2D eigenvalue weighted by molar-refractivity contribution is 14.0. The van der Waals surface area contributed by atoms with E-state index in [4.69, 9.17) is 9.73 Å². The number of halogens is 1. The second kappa shape index (κ2) is 14.2. The molecule has 5 nitrogen and oxygen atoms in total. The van der Waals surface area contributed by atoms with Gasteiger partial charge >= 0.3 is 0 Å². The number of rotatable bonds is 9. The Bertz CT molecular complexity index is 490. The van der Waals surface area contributed by atoms with E-state index in [-0.39, 0.29) is 24.0 Å². The predicted molar refractivity (Wildman–Crippen MR) is 120 cm³/mol. The minimum Gasteiger partial charge on any atom is -0.385 e. The van der Waals surface area contributed by atoms with Crippen molar-refractivity contribution in [3.05, 3.63) is 35.9 Å². The average Bonchev–Trinajstić information content (AvgIpc) is 2.65. The summed E-state index contributed by atoms with van der Waals surface area (Å²) >= 11 is 0. The summed E-state index contributed by atoms with van der Waals surface area (Å²) in [4.78, 5) is 9.75. The summed E-state index contributed by atoms with van der Waals surface area (Å²) in [5, 5.41) is 3.45. The molecule has 1 aliphatic heterocycles. The van der Waals surface area contributed by atoms with Crippen LogP contribution in [0.5, 0.6) is 0 Å². The molecular formula is C20H35IN4O. The molecule has 1 aromatic carbocycles. The van der Waals surface area contributed by atoms with E-state index in [0.29, 0.717) is 0 Å². The molecule has 0 spiro atoms. The van der Waals surface area contributed by atoms with Crippen LogP contribution in [0, 0.1) is 0 Å². The van der Waals surface area contributed by atoms with Crippen LogP contribution in [0.4, 0.5) is 0 Å². The van der Waals surface area contributed by atoms with Gasteiger partial charge < -0.3 is 15.0 Å². The highest BCUT2D eigenvalue weighted by Crippen LogP contribution is 2.09. The van der Waals surface area contributed by atoms with Crippen molar-refractivity contribution in [1.82, 2.24) is 15.1 Å². The van der Waals surface area contributed by atoms with Crippen LogP contribution >= 0.6 is 24.0 Å². The topological polar surface area (TPSA) is 40.1 Å². The third kappa shape index (κ3) is 8.68. The number of ether oxygens (including phenoxy) is 1. The van der Waals surface area contributed by atoms with E-state index >= 15 is 0 Å². The maximum Gasteiger partial charge on any atom is 0.194 e. The van der Waals surface area contributed by atoms with Gasteiger partial charge in [0.05, 0.1) is 0 Å². The van der Waals surface area contributed by atoms with Crippen LogP contribution in [-0.2, 0) is 11.3 Å².